The van der Waals surface area contributed by atoms with Gasteiger partial charge in [-0.15, -0.1) is 12.4 Å². The van der Waals surface area contributed by atoms with Gasteiger partial charge in [0.05, 0.1) is 5.56 Å². The molecule has 0 amide bonds. The molecule has 0 saturated heterocycles. The van der Waals surface area contributed by atoms with Crippen LogP contribution in [0.1, 0.15) is 37.0 Å². The number of benzene rings is 1. The SMILES string of the molecule is CC(C)CCCNCCOC(=O)c1ccccc1.Cl. The molecule has 0 atom stereocenters. The number of esters is 1. The molecule has 0 heterocycles. The Labute approximate surface area is 122 Å². The topological polar surface area (TPSA) is 38.3 Å². The smallest absolute Gasteiger partial charge is 0.338 e. The van der Waals surface area contributed by atoms with Crippen LogP contribution in [0.15, 0.2) is 30.3 Å². The fraction of sp³-hybridized carbons (Fsp3) is 0.533. The second-order valence-corrected chi connectivity index (χ2v) is 4.79. The molecular weight excluding hydrogens is 262 g/mol. The van der Waals surface area contributed by atoms with Crippen molar-refractivity contribution < 1.29 is 9.53 Å². The van der Waals surface area contributed by atoms with E-state index in [1.165, 1.54) is 12.8 Å². The lowest BCUT2D eigenvalue weighted by Crippen LogP contribution is -2.22. The van der Waals surface area contributed by atoms with Crippen molar-refractivity contribution in [3.63, 3.8) is 0 Å². The molecular formula is C15H24ClNO2. The highest BCUT2D eigenvalue weighted by atomic mass is 35.5. The summed E-state index contributed by atoms with van der Waals surface area (Å²) in [6, 6.07) is 9.07. The Morgan fingerprint density at radius 2 is 1.89 bits per heavy atom. The van der Waals surface area contributed by atoms with Gasteiger partial charge >= 0.3 is 5.97 Å². The first kappa shape index (κ1) is 17.9. The zero-order chi connectivity index (χ0) is 13.2. The highest BCUT2D eigenvalue weighted by Gasteiger charge is 2.04. The largest absolute Gasteiger partial charge is 0.461 e. The Kier molecular flexibility index (Phi) is 10.2. The van der Waals surface area contributed by atoms with Gasteiger partial charge < -0.3 is 10.1 Å². The van der Waals surface area contributed by atoms with Crippen molar-refractivity contribution in [2.75, 3.05) is 19.7 Å². The third kappa shape index (κ3) is 8.62. The molecule has 108 valence electrons. The summed E-state index contributed by atoms with van der Waals surface area (Å²) in [6.07, 6.45) is 2.40. The quantitative estimate of drug-likeness (QED) is 0.588. The minimum atomic E-state index is -0.250. The van der Waals surface area contributed by atoms with Gasteiger partial charge in [-0.05, 0) is 37.4 Å². The summed E-state index contributed by atoms with van der Waals surface area (Å²) in [5.74, 6) is 0.502. The van der Waals surface area contributed by atoms with Crippen molar-refractivity contribution in [1.29, 1.82) is 0 Å². The predicted octanol–water partition coefficient (Wildman–Crippen LogP) is 3.29. The molecule has 0 saturated carbocycles. The van der Waals surface area contributed by atoms with Gasteiger partial charge in [-0.1, -0.05) is 32.0 Å². The summed E-state index contributed by atoms with van der Waals surface area (Å²) in [5, 5.41) is 3.27. The summed E-state index contributed by atoms with van der Waals surface area (Å²) in [5.41, 5.74) is 0.609. The molecule has 1 N–H and O–H groups in total. The van der Waals surface area contributed by atoms with Gasteiger partial charge in [-0.25, -0.2) is 4.79 Å². The number of nitrogens with one attached hydrogen (secondary N) is 1. The fourth-order valence-corrected chi connectivity index (χ4v) is 1.63. The molecule has 0 fully saturated rings. The van der Waals surface area contributed by atoms with E-state index in [2.05, 4.69) is 19.2 Å². The van der Waals surface area contributed by atoms with Crippen molar-refractivity contribution in [1.82, 2.24) is 5.32 Å². The third-order valence-corrected chi connectivity index (χ3v) is 2.66. The van der Waals surface area contributed by atoms with Gasteiger partial charge in [0, 0.05) is 6.54 Å². The Morgan fingerprint density at radius 3 is 2.53 bits per heavy atom. The maximum absolute atomic E-state index is 11.6. The maximum atomic E-state index is 11.6. The van der Waals surface area contributed by atoms with Gasteiger partial charge in [0.1, 0.15) is 6.61 Å². The zero-order valence-electron chi connectivity index (χ0n) is 11.7. The van der Waals surface area contributed by atoms with E-state index in [-0.39, 0.29) is 18.4 Å². The first-order valence-corrected chi connectivity index (χ1v) is 6.63. The number of hydrogen-bond acceptors (Lipinski definition) is 3. The summed E-state index contributed by atoms with van der Waals surface area (Å²) >= 11 is 0. The maximum Gasteiger partial charge on any atom is 0.338 e. The summed E-state index contributed by atoms with van der Waals surface area (Å²) in [6.45, 7) is 6.58. The monoisotopic (exact) mass is 285 g/mol. The first-order valence-electron chi connectivity index (χ1n) is 6.63. The van der Waals surface area contributed by atoms with Crippen molar-refractivity contribution in [3.05, 3.63) is 35.9 Å². The second-order valence-electron chi connectivity index (χ2n) is 4.79. The average molecular weight is 286 g/mol. The van der Waals surface area contributed by atoms with Crippen molar-refractivity contribution in [2.45, 2.75) is 26.7 Å². The van der Waals surface area contributed by atoms with Crippen LogP contribution < -0.4 is 5.32 Å². The lowest BCUT2D eigenvalue weighted by atomic mass is 10.1. The number of ether oxygens (including phenoxy) is 1. The van der Waals surface area contributed by atoms with E-state index >= 15 is 0 Å². The summed E-state index contributed by atoms with van der Waals surface area (Å²) in [7, 11) is 0. The number of carbonyl (C=O) groups excluding carboxylic acids is 1. The first-order chi connectivity index (χ1) is 8.70. The van der Waals surface area contributed by atoms with Crippen LogP contribution in [0.3, 0.4) is 0 Å². The molecule has 0 radical (unpaired) electrons. The lowest BCUT2D eigenvalue weighted by molar-refractivity contribution is 0.0508. The van der Waals surface area contributed by atoms with Crippen LogP contribution in [-0.4, -0.2) is 25.7 Å². The van der Waals surface area contributed by atoms with E-state index in [0.29, 0.717) is 12.2 Å². The third-order valence-electron chi connectivity index (χ3n) is 2.66. The van der Waals surface area contributed by atoms with Gasteiger partial charge in [0.15, 0.2) is 0 Å². The Hall–Kier alpha value is -1.06. The molecule has 0 unspecified atom stereocenters. The number of hydrogen-bond donors (Lipinski definition) is 1. The zero-order valence-corrected chi connectivity index (χ0v) is 12.5. The van der Waals surface area contributed by atoms with Gasteiger partial charge in [-0.2, -0.15) is 0 Å². The van der Waals surface area contributed by atoms with Gasteiger partial charge in [0.25, 0.3) is 0 Å². The molecule has 3 nitrogen and oxygen atoms in total. The Morgan fingerprint density at radius 1 is 1.21 bits per heavy atom. The van der Waals surface area contributed by atoms with Crippen LogP contribution in [0.4, 0.5) is 0 Å². The number of carbonyl (C=O) groups is 1. The van der Waals surface area contributed by atoms with E-state index in [1.54, 1.807) is 12.1 Å². The standard InChI is InChI=1S/C15H23NO2.ClH/c1-13(2)7-6-10-16-11-12-18-15(17)14-8-4-3-5-9-14;/h3-5,8-9,13,16H,6-7,10-12H2,1-2H3;1H. The number of rotatable bonds is 8. The minimum Gasteiger partial charge on any atom is -0.461 e. The highest BCUT2D eigenvalue weighted by molar-refractivity contribution is 5.89. The Bertz CT molecular complexity index is 341. The van der Waals surface area contributed by atoms with E-state index in [0.717, 1.165) is 19.0 Å². The van der Waals surface area contributed by atoms with Gasteiger partial charge in [0.2, 0.25) is 0 Å². The molecule has 0 aliphatic carbocycles. The molecule has 0 aliphatic heterocycles. The molecule has 19 heavy (non-hydrogen) atoms. The van der Waals surface area contributed by atoms with Crippen molar-refractivity contribution in [2.24, 2.45) is 5.92 Å². The van der Waals surface area contributed by atoms with Crippen LogP contribution in [0.25, 0.3) is 0 Å². The predicted molar refractivity (Wildman–Crippen MR) is 80.9 cm³/mol. The van der Waals surface area contributed by atoms with Crippen LogP contribution in [0.2, 0.25) is 0 Å². The second kappa shape index (κ2) is 10.8. The normalized spacial score (nSPS) is 10.1. The average Bonchev–Trinajstić information content (AvgIpc) is 2.38. The minimum absolute atomic E-state index is 0. The lowest BCUT2D eigenvalue weighted by Gasteiger charge is -2.07. The molecule has 1 aromatic carbocycles. The van der Waals surface area contributed by atoms with E-state index < -0.39 is 0 Å². The molecule has 0 aromatic heterocycles. The van der Waals surface area contributed by atoms with Gasteiger partial charge in [-0.3, -0.25) is 0 Å². The van der Waals surface area contributed by atoms with Crippen LogP contribution in [0.5, 0.6) is 0 Å². The highest BCUT2D eigenvalue weighted by Crippen LogP contribution is 2.02. The number of halogens is 1. The molecule has 4 heteroatoms. The molecule has 1 rings (SSSR count). The summed E-state index contributed by atoms with van der Waals surface area (Å²) in [4.78, 5) is 11.6. The molecule has 0 aliphatic rings. The van der Waals surface area contributed by atoms with Crippen molar-refractivity contribution in [3.8, 4) is 0 Å². The van der Waals surface area contributed by atoms with Crippen LogP contribution >= 0.6 is 12.4 Å². The molecule has 0 spiro atoms. The Balaban J connectivity index is 0.00000324. The van der Waals surface area contributed by atoms with Crippen LogP contribution in [0, 0.1) is 5.92 Å². The summed E-state index contributed by atoms with van der Waals surface area (Å²) < 4.78 is 5.15. The van der Waals surface area contributed by atoms with Crippen LogP contribution in [-0.2, 0) is 4.74 Å². The van der Waals surface area contributed by atoms with E-state index in [9.17, 15) is 4.79 Å². The van der Waals surface area contributed by atoms with E-state index in [1.807, 2.05) is 18.2 Å². The fourth-order valence-electron chi connectivity index (χ4n) is 1.63. The molecule has 0 bridgehead atoms. The van der Waals surface area contributed by atoms with E-state index in [4.69, 9.17) is 4.74 Å². The van der Waals surface area contributed by atoms with Crippen molar-refractivity contribution >= 4 is 18.4 Å². The molecule has 1 aromatic rings.